The molecule has 2 aliphatic rings. The van der Waals surface area contributed by atoms with Gasteiger partial charge in [-0.05, 0) is 41.2 Å². The Bertz CT molecular complexity index is 1140. The summed E-state index contributed by atoms with van der Waals surface area (Å²) in [7, 11) is 0. The molecule has 5 rings (SSSR count). The number of rotatable bonds is 8. The fraction of sp³-hybridized carbons (Fsp3) is 0.444. The van der Waals surface area contributed by atoms with E-state index in [0.29, 0.717) is 25.5 Å². The van der Waals surface area contributed by atoms with Crippen LogP contribution in [0.5, 0.6) is 0 Å². The second-order valence-electron chi connectivity index (χ2n) is 9.46. The third-order valence-corrected chi connectivity index (χ3v) is 7.17. The lowest BCUT2D eigenvalue weighted by molar-refractivity contribution is 0.100. The molecule has 1 aliphatic carbocycles. The van der Waals surface area contributed by atoms with Gasteiger partial charge in [0.1, 0.15) is 5.70 Å². The smallest absolute Gasteiger partial charge is 0.279 e. The number of hydrogen-bond donors (Lipinski definition) is 1. The Hall–Kier alpha value is -3.29. The minimum absolute atomic E-state index is 0.230. The molecule has 1 saturated carbocycles. The molecule has 8 heteroatoms. The summed E-state index contributed by atoms with van der Waals surface area (Å²) in [5.41, 5.74) is 5.18. The van der Waals surface area contributed by atoms with Crippen molar-refractivity contribution >= 4 is 0 Å². The molecule has 1 aliphatic heterocycles. The molecule has 2 heterocycles. The van der Waals surface area contributed by atoms with E-state index in [-0.39, 0.29) is 11.7 Å². The minimum atomic E-state index is -2.44. The average molecular weight is 479 g/mol. The van der Waals surface area contributed by atoms with Crippen molar-refractivity contribution in [3.63, 3.8) is 0 Å². The van der Waals surface area contributed by atoms with E-state index in [9.17, 15) is 8.78 Å². The molecule has 0 saturated heterocycles. The van der Waals surface area contributed by atoms with Crippen molar-refractivity contribution in [3.05, 3.63) is 65.5 Å². The number of allylic oxidation sites excluding steroid dienone is 2. The van der Waals surface area contributed by atoms with Gasteiger partial charge in [0.15, 0.2) is 0 Å². The number of tetrazole rings is 1. The third kappa shape index (κ3) is 4.92. The fourth-order valence-electron chi connectivity index (χ4n) is 5.51. The van der Waals surface area contributed by atoms with Crippen molar-refractivity contribution in [3.8, 4) is 22.5 Å². The lowest BCUT2D eigenvalue weighted by atomic mass is 9.94. The van der Waals surface area contributed by atoms with Gasteiger partial charge in [0.25, 0.3) is 6.43 Å². The first-order valence-corrected chi connectivity index (χ1v) is 12.6. The highest BCUT2D eigenvalue weighted by atomic mass is 19.3. The maximum atomic E-state index is 14.3. The Balaban J connectivity index is 1.38. The van der Waals surface area contributed by atoms with Crippen LogP contribution in [-0.4, -0.2) is 49.6 Å². The monoisotopic (exact) mass is 478 g/mol. The van der Waals surface area contributed by atoms with Gasteiger partial charge in [0.05, 0.1) is 6.67 Å². The van der Waals surface area contributed by atoms with Crippen molar-refractivity contribution in [1.82, 2.24) is 30.4 Å². The second-order valence-corrected chi connectivity index (χ2v) is 9.46. The van der Waals surface area contributed by atoms with Gasteiger partial charge in [-0.25, -0.2) is 8.78 Å². The highest BCUT2D eigenvalue weighted by Gasteiger charge is 2.37. The molecule has 1 N–H and O–H groups in total. The molecule has 35 heavy (non-hydrogen) atoms. The van der Waals surface area contributed by atoms with Gasteiger partial charge in [-0.2, -0.15) is 5.21 Å². The summed E-state index contributed by atoms with van der Waals surface area (Å²) in [6.07, 6.45) is 4.60. The summed E-state index contributed by atoms with van der Waals surface area (Å²) in [6, 6.07) is 16.6. The van der Waals surface area contributed by atoms with Crippen LogP contribution in [0.15, 0.2) is 59.9 Å². The standard InChI is InChI=1S/C27H32F2N6/c1-2-8-24-25(26(28)29)35(21-9-4-3-5-10-21)18-34(24)17-19-13-15-20(16-14-19)22-11-6-7-12-23(22)27-30-32-33-31-27/h6-7,11-16,21,26H,2-5,8-10,17-18H2,1H3,(H,30,31,32,33). The lowest BCUT2D eigenvalue weighted by Crippen LogP contribution is -2.38. The van der Waals surface area contributed by atoms with Crippen molar-refractivity contribution < 1.29 is 8.78 Å². The van der Waals surface area contributed by atoms with Crippen LogP contribution in [0.25, 0.3) is 22.5 Å². The molecule has 0 amide bonds. The van der Waals surface area contributed by atoms with E-state index in [1.165, 1.54) is 6.42 Å². The van der Waals surface area contributed by atoms with Crippen molar-refractivity contribution in [2.24, 2.45) is 0 Å². The molecule has 0 radical (unpaired) electrons. The first-order valence-electron chi connectivity index (χ1n) is 12.6. The van der Waals surface area contributed by atoms with E-state index in [4.69, 9.17) is 0 Å². The molecular formula is C27H32F2N6. The number of halogens is 2. The van der Waals surface area contributed by atoms with Crippen LogP contribution in [0, 0.1) is 0 Å². The molecule has 0 unspecified atom stereocenters. The Morgan fingerprint density at radius 3 is 2.40 bits per heavy atom. The van der Waals surface area contributed by atoms with Gasteiger partial charge in [0, 0.05) is 23.8 Å². The summed E-state index contributed by atoms with van der Waals surface area (Å²) in [6.45, 7) is 3.25. The molecule has 184 valence electrons. The number of alkyl halides is 2. The quantitative estimate of drug-likeness (QED) is 0.417. The van der Waals surface area contributed by atoms with Gasteiger partial charge in [-0.3, -0.25) is 0 Å². The van der Waals surface area contributed by atoms with E-state index in [1.54, 1.807) is 0 Å². The van der Waals surface area contributed by atoms with E-state index in [1.807, 2.05) is 29.2 Å². The first-order chi connectivity index (χ1) is 17.2. The van der Waals surface area contributed by atoms with Gasteiger partial charge < -0.3 is 9.80 Å². The Morgan fingerprint density at radius 1 is 1.00 bits per heavy atom. The van der Waals surface area contributed by atoms with E-state index >= 15 is 0 Å². The number of hydrogen-bond acceptors (Lipinski definition) is 5. The summed E-state index contributed by atoms with van der Waals surface area (Å²) in [5.74, 6) is 0.554. The van der Waals surface area contributed by atoms with Crippen LogP contribution in [0.1, 0.15) is 57.4 Å². The predicted molar refractivity (Wildman–Crippen MR) is 132 cm³/mol. The summed E-state index contributed by atoms with van der Waals surface area (Å²) >= 11 is 0. The van der Waals surface area contributed by atoms with Gasteiger partial charge in [0.2, 0.25) is 5.82 Å². The fourth-order valence-corrected chi connectivity index (χ4v) is 5.51. The molecule has 6 nitrogen and oxygen atoms in total. The number of nitrogens with one attached hydrogen (secondary N) is 1. The molecule has 1 fully saturated rings. The normalized spacial score (nSPS) is 17.1. The van der Waals surface area contributed by atoms with Crippen molar-refractivity contribution in [1.29, 1.82) is 0 Å². The Morgan fingerprint density at radius 2 is 1.74 bits per heavy atom. The lowest BCUT2D eigenvalue weighted by Gasteiger charge is -2.34. The van der Waals surface area contributed by atoms with Crippen molar-refractivity contribution in [2.45, 2.75) is 70.9 Å². The number of nitrogens with zero attached hydrogens (tertiary/aromatic N) is 5. The third-order valence-electron chi connectivity index (χ3n) is 7.17. The average Bonchev–Trinajstić information content (AvgIpc) is 3.54. The highest BCUT2D eigenvalue weighted by Crippen LogP contribution is 2.38. The zero-order chi connectivity index (χ0) is 24.2. The molecule has 0 atom stereocenters. The number of aromatic amines is 1. The first kappa shape index (κ1) is 23.5. The van der Waals surface area contributed by atoms with Gasteiger partial charge >= 0.3 is 0 Å². The maximum Gasteiger partial charge on any atom is 0.279 e. The number of benzene rings is 2. The molecule has 0 spiro atoms. The second kappa shape index (κ2) is 10.5. The Kier molecular flexibility index (Phi) is 7.06. The van der Waals surface area contributed by atoms with Crippen LogP contribution in [0.2, 0.25) is 0 Å². The number of aromatic nitrogens is 4. The molecule has 1 aromatic heterocycles. The summed E-state index contributed by atoms with van der Waals surface area (Å²) in [4.78, 5) is 4.19. The van der Waals surface area contributed by atoms with Crippen LogP contribution < -0.4 is 0 Å². The van der Waals surface area contributed by atoms with Gasteiger partial charge in [-0.15, -0.1) is 10.2 Å². The predicted octanol–water partition coefficient (Wildman–Crippen LogP) is 6.22. The van der Waals surface area contributed by atoms with Crippen molar-refractivity contribution in [2.75, 3.05) is 6.67 Å². The van der Waals surface area contributed by atoms with E-state index in [2.05, 4.69) is 56.7 Å². The molecule has 0 bridgehead atoms. The SMILES string of the molecule is CCCC1=C(C(F)F)N(C2CCCCC2)CN1Cc1ccc(-c2ccccc2-c2nn[nH]n2)cc1. The van der Waals surface area contributed by atoms with Gasteiger partial charge in [-0.1, -0.05) is 81.1 Å². The summed E-state index contributed by atoms with van der Waals surface area (Å²) in [5, 5.41) is 14.4. The zero-order valence-electron chi connectivity index (χ0n) is 20.1. The Labute approximate surface area is 205 Å². The minimum Gasteiger partial charge on any atom is -0.351 e. The van der Waals surface area contributed by atoms with E-state index < -0.39 is 6.43 Å². The molecule has 3 aromatic rings. The molecule has 2 aromatic carbocycles. The zero-order valence-corrected chi connectivity index (χ0v) is 20.1. The summed E-state index contributed by atoms with van der Waals surface area (Å²) < 4.78 is 28.6. The van der Waals surface area contributed by atoms with Crippen LogP contribution in [0.4, 0.5) is 8.78 Å². The highest BCUT2D eigenvalue weighted by molar-refractivity contribution is 5.80. The molecular weight excluding hydrogens is 446 g/mol. The van der Waals surface area contributed by atoms with Crippen LogP contribution >= 0.6 is 0 Å². The van der Waals surface area contributed by atoms with E-state index in [0.717, 1.165) is 60.1 Å². The number of H-pyrrole nitrogens is 1. The maximum absolute atomic E-state index is 14.3. The largest absolute Gasteiger partial charge is 0.351 e. The van der Waals surface area contributed by atoms with Crippen LogP contribution in [0.3, 0.4) is 0 Å². The topological polar surface area (TPSA) is 60.9 Å². The van der Waals surface area contributed by atoms with Crippen LogP contribution in [-0.2, 0) is 6.54 Å².